The highest BCUT2D eigenvalue weighted by Gasteiger charge is 2.64. The summed E-state index contributed by atoms with van der Waals surface area (Å²) in [6.07, 6.45) is 8.59. The maximum Gasteiger partial charge on any atom is 0.264 e. The van der Waals surface area contributed by atoms with Crippen molar-refractivity contribution in [2.45, 2.75) is 88.8 Å². The van der Waals surface area contributed by atoms with Crippen molar-refractivity contribution in [1.82, 2.24) is 24.0 Å². The number of amides is 2. The predicted octanol–water partition coefficient (Wildman–Crippen LogP) is 5.58. The zero-order valence-electron chi connectivity index (χ0n) is 32.3. The summed E-state index contributed by atoms with van der Waals surface area (Å²) >= 11 is 0. The normalized spacial score (nSPS) is 24.0. The van der Waals surface area contributed by atoms with E-state index in [-0.39, 0.29) is 11.8 Å². The average Bonchev–Trinajstić information content (AvgIpc) is 3.91. The van der Waals surface area contributed by atoms with Gasteiger partial charge in [-0.05, 0) is 113 Å². The van der Waals surface area contributed by atoms with Gasteiger partial charge in [0.25, 0.3) is 5.91 Å². The lowest BCUT2D eigenvalue weighted by Gasteiger charge is -2.29. The molecule has 2 amide bonds. The lowest BCUT2D eigenvalue weighted by molar-refractivity contribution is -0.137. The van der Waals surface area contributed by atoms with E-state index in [2.05, 4.69) is 36.1 Å². The van der Waals surface area contributed by atoms with Gasteiger partial charge in [-0.2, -0.15) is 0 Å². The minimum atomic E-state index is -3.81. The maximum absolute atomic E-state index is 15.1. The van der Waals surface area contributed by atoms with Crippen molar-refractivity contribution in [3.05, 3.63) is 53.1 Å². The van der Waals surface area contributed by atoms with E-state index in [1.165, 1.54) is 30.4 Å². The summed E-state index contributed by atoms with van der Waals surface area (Å²) in [5.41, 5.74) is 5.32. The second-order valence-corrected chi connectivity index (χ2v) is 18.8. The van der Waals surface area contributed by atoms with Gasteiger partial charge >= 0.3 is 0 Å². The molecule has 0 radical (unpaired) electrons. The smallest absolute Gasteiger partial charge is 0.264 e. The fourth-order valence-corrected chi connectivity index (χ4v) is 10.4. The van der Waals surface area contributed by atoms with Gasteiger partial charge in [-0.3, -0.25) is 14.5 Å². The van der Waals surface area contributed by atoms with Crippen molar-refractivity contribution in [1.29, 1.82) is 0 Å². The predicted molar refractivity (Wildman–Crippen MR) is 211 cm³/mol. The molecular formula is C42H57N5O6S. The van der Waals surface area contributed by atoms with Gasteiger partial charge in [0, 0.05) is 67.2 Å². The number of methoxy groups -OCH3 is 1. The maximum atomic E-state index is 15.1. The molecule has 54 heavy (non-hydrogen) atoms. The highest BCUT2D eigenvalue weighted by molar-refractivity contribution is 7.90. The standard InChI is InChI=1S/C42H57N5O6S/c1-29(2)54(50,51)43-40(48)31-11-13-34-37(25-31)47-28-42(41(49)46-18-8-17-44(19-20-46)15-7-16-45-21-23-53-24-22-45)27-36(42)35-26-32(52-3)12-14-33(35)39(47)38(34)30-9-5-4-6-10-30/h11-14,25-26,29-30,36H,4-10,15-24,27-28H2,1-3H3,(H,43,48)/t36-,42?/m0/s1. The molecule has 4 fully saturated rings. The summed E-state index contributed by atoms with van der Waals surface area (Å²) in [6, 6.07) is 12.0. The summed E-state index contributed by atoms with van der Waals surface area (Å²) in [6.45, 7) is 12.8. The minimum Gasteiger partial charge on any atom is -0.497 e. The van der Waals surface area contributed by atoms with E-state index in [1.54, 1.807) is 27.0 Å². The van der Waals surface area contributed by atoms with Gasteiger partial charge in [-0.1, -0.05) is 25.3 Å². The molecule has 12 heteroatoms. The Kier molecular flexibility index (Phi) is 10.6. The average molecular weight is 760 g/mol. The Hall–Kier alpha value is -3.45. The van der Waals surface area contributed by atoms with Crippen LogP contribution in [0.5, 0.6) is 5.75 Å². The van der Waals surface area contributed by atoms with Crippen LogP contribution in [0.3, 0.4) is 0 Å². The molecule has 3 aromatic rings. The van der Waals surface area contributed by atoms with E-state index >= 15 is 4.79 Å². The van der Waals surface area contributed by atoms with Crippen LogP contribution in [-0.2, 0) is 26.1 Å². The van der Waals surface area contributed by atoms with Crippen molar-refractivity contribution >= 4 is 32.7 Å². The first kappa shape index (κ1) is 37.5. The van der Waals surface area contributed by atoms with Crippen molar-refractivity contribution in [3.8, 4) is 17.0 Å². The Balaban J connectivity index is 1.15. The number of sulfonamides is 1. The Labute approximate surface area is 320 Å². The number of carbonyl (C=O) groups is 2. The van der Waals surface area contributed by atoms with Crippen molar-refractivity contribution in [3.63, 3.8) is 0 Å². The summed E-state index contributed by atoms with van der Waals surface area (Å²) in [5.74, 6) is 0.795. The highest BCUT2D eigenvalue weighted by atomic mass is 32.2. The van der Waals surface area contributed by atoms with Gasteiger partial charge in [0.1, 0.15) is 5.75 Å². The van der Waals surface area contributed by atoms with E-state index in [1.807, 2.05) is 18.2 Å². The molecule has 2 aromatic carbocycles. The molecule has 2 saturated heterocycles. The first-order valence-corrected chi connectivity index (χ1v) is 21.9. The minimum absolute atomic E-state index is 0.0554. The molecule has 3 aliphatic heterocycles. The number of morpholine rings is 1. The summed E-state index contributed by atoms with van der Waals surface area (Å²) in [4.78, 5) is 35.7. The third kappa shape index (κ3) is 7.08. The van der Waals surface area contributed by atoms with E-state index in [9.17, 15) is 13.2 Å². The number of aromatic nitrogens is 1. The number of benzene rings is 2. The number of hydrogen-bond donors (Lipinski definition) is 1. The van der Waals surface area contributed by atoms with Crippen molar-refractivity contribution in [2.24, 2.45) is 5.41 Å². The molecule has 292 valence electrons. The zero-order valence-corrected chi connectivity index (χ0v) is 33.1. The van der Waals surface area contributed by atoms with Gasteiger partial charge in [0.15, 0.2) is 0 Å². The lowest BCUT2D eigenvalue weighted by Crippen LogP contribution is -2.42. The van der Waals surface area contributed by atoms with Crippen molar-refractivity contribution in [2.75, 3.05) is 72.7 Å². The number of carbonyl (C=O) groups excluding carboxylic acids is 2. The molecule has 2 saturated carbocycles. The molecule has 0 spiro atoms. The Morgan fingerprint density at radius 1 is 0.926 bits per heavy atom. The molecule has 2 atom stereocenters. The third-order valence-electron chi connectivity index (χ3n) is 13.0. The number of fused-ring (bicyclic) bond motifs is 7. The Morgan fingerprint density at radius 2 is 1.69 bits per heavy atom. The van der Waals surface area contributed by atoms with E-state index in [0.717, 1.165) is 126 Å². The van der Waals surface area contributed by atoms with Crippen LogP contribution >= 0.6 is 0 Å². The lowest BCUT2D eigenvalue weighted by atomic mass is 9.81. The molecule has 2 aliphatic carbocycles. The van der Waals surface area contributed by atoms with Gasteiger partial charge < -0.3 is 23.8 Å². The number of hydrogen-bond acceptors (Lipinski definition) is 8. The van der Waals surface area contributed by atoms with Crippen LogP contribution in [0.2, 0.25) is 0 Å². The van der Waals surface area contributed by atoms with Gasteiger partial charge in [-0.25, -0.2) is 13.1 Å². The second kappa shape index (κ2) is 15.2. The molecule has 5 aliphatic rings. The number of ether oxygens (including phenoxy) is 2. The summed E-state index contributed by atoms with van der Waals surface area (Å²) in [5, 5.41) is 0.353. The Bertz CT molecular complexity index is 2000. The number of nitrogens with zero attached hydrogens (tertiary/aromatic N) is 4. The quantitative estimate of drug-likeness (QED) is 0.286. The van der Waals surface area contributed by atoms with Crippen LogP contribution in [0.4, 0.5) is 0 Å². The fourth-order valence-electron chi connectivity index (χ4n) is 9.78. The van der Waals surface area contributed by atoms with Crippen LogP contribution in [0.25, 0.3) is 22.2 Å². The molecular weight excluding hydrogens is 703 g/mol. The van der Waals surface area contributed by atoms with Crippen LogP contribution in [0.15, 0.2) is 36.4 Å². The highest BCUT2D eigenvalue weighted by Crippen LogP contribution is 2.66. The summed E-state index contributed by atoms with van der Waals surface area (Å²) in [7, 11) is -2.11. The molecule has 8 rings (SSSR count). The summed E-state index contributed by atoms with van der Waals surface area (Å²) < 4.78 is 41.4. The van der Waals surface area contributed by atoms with Crippen LogP contribution in [0, 0.1) is 5.41 Å². The van der Waals surface area contributed by atoms with E-state index in [4.69, 9.17) is 9.47 Å². The zero-order chi connectivity index (χ0) is 37.6. The van der Waals surface area contributed by atoms with Crippen LogP contribution < -0.4 is 9.46 Å². The van der Waals surface area contributed by atoms with Gasteiger partial charge in [0.2, 0.25) is 15.9 Å². The van der Waals surface area contributed by atoms with Gasteiger partial charge in [-0.15, -0.1) is 0 Å². The third-order valence-corrected chi connectivity index (χ3v) is 14.7. The second-order valence-electron chi connectivity index (χ2n) is 16.6. The fraction of sp³-hybridized carbons (Fsp3) is 0.619. The van der Waals surface area contributed by atoms with Crippen LogP contribution in [-0.4, -0.2) is 117 Å². The molecule has 4 heterocycles. The molecule has 0 bridgehead atoms. The molecule has 1 N–H and O–H groups in total. The number of nitrogens with one attached hydrogen (secondary N) is 1. The van der Waals surface area contributed by atoms with Crippen LogP contribution in [0.1, 0.15) is 98.5 Å². The first-order chi connectivity index (χ1) is 26.1. The topological polar surface area (TPSA) is 113 Å². The molecule has 1 aromatic heterocycles. The first-order valence-electron chi connectivity index (χ1n) is 20.3. The van der Waals surface area contributed by atoms with Crippen molar-refractivity contribution < 1.29 is 27.5 Å². The number of rotatable bonds is 10. The van der Waals surface area contributed by atoms with E-state index in [0.29, 0.717) is 18.0 Å². The Morgan fingerprint density at radius 3 is 2.43 bits per heavy atom. The van der Waals surface area contributed by atoms with E-state index < -0.39 is 26.6 Å². The van der Waals surface area contributed by atoms with Gasteiger partial charge in [0.05, 0.1) is 36.7 Å². The molecule has 11 nitrogen and oxygen atoms in total. The monoisotopic (exact) mass is 759 g/mol. The largest absolute Gasteiger partial charge is 0.497 e. The SMILES string of the molecule is COc1ccc2c(c1)[C@@H]1CC1(C(=O)N1CCCN(CCCN3CCOCC3)CC1)Cn1c-2c(C2CCCCC2)c2ccc(C(=O)NS(=O)(=O)C(C)C)cc21. The molecule has 1 unspecified atom stereocenters.